The maximum atomic E-state index is 11.9. The van der Waals surface area contributed by atoms with E-state index in [1.54, 1.807) is 7.05 Å². The van der Waals surface area contributed by atoms with Gasteiger partial charge in [0.2, 0.25) is 5.91 Å². The lowest BCUT2D eigenvalue weighted by Gasteiger charge is -2.14. The van der Waals surface area contributed by atoms with Gasteiger partial charge < -0.3 is 20.6 Å². The molecule has 0 aliphatic carbocycles. The molecule has 2 rings (SSSR count). The van der Waals surface area contributed by atoms with Crippen molar-refractivity contribution >= 4 is 35.2 Å². The number of benzene rings is 1. The Morgan fingerprint density at radius 3 is 2.71 bits per heavy atom. The Bertz CT molecular complexity index is 605. The molecule has 0 bridgehead atoms. The number of carbonyl (C=O) groups excluding carboxylic acids is 2. The van der Waals surface area contributed by atoms with Gasteiger partial charge in [0.15, 0.2) is 0 Å². The van der Waals surface area contributed by atoms with Gasteiger partial charge in [-0.2, -0.15) is 0 Å². The minimum Gasteiger partial charge on any atom is -0.478 e. The summed E-state index contributed by atoms with van der Waals surface area (Å²) in [5.41, 5.74) is -0.00397. The number of likely N-dealkylation sites (tertiary alicyclic amines) is 1. The summed E-state index contributed by atoms with van der Waals surface area (Å²) in [6, 6.07) is 2.82. The molecule has 7 nitrogen and oxygen atoms in total. The lowest BCUT2D eigenvalue weighted by molar-refractivity contribution is -0.128. The second kappa shape index (κ2) is 6.01. The van der Waals surface area contributed by atoms with Gasteiger partial charge in [-0.05, 0) is 24.6 Å². The fourth-order valence-electron chi connectivity index (χ4n) is 2.08. The van der Waals surface area contributed by atoms with E-state index >= 15 is 0 Å². The second-order valence-electron chi connectivity index (χ2n) is 4.69. The third-order valence-corrected chi connectivity index (χ3v) is 3.43. The summed E-state index contributed by atoms with van der Waals surface area (Å²) in [5, 5.41) is 14.3. The topological polar surface area (TPSA) is 98.7 Å². The number of rotatable bonds is 3. The van der Waals surface area contributed by atoms with Crippen molar-refractivity contribution in [3.05, 3.63) is 28.8 Å². The van der Waals surface area contributed by atoms with E-state index in [2.05, 4.69) is 10.6 Å². The van der Waals surface area contributed by atoms with Crippen LogP contribution in [0.3, 0.4) is 0 Å². The highest BCUT2D eigenvalue weighted by molar-refractivity contribution is 6.31. The standard InChI is InChI=1S/C13H14ClN3O4/c1-17-5-4-9(11(17)18)15-13(21)16-10-6-7(14)2-3-8(10)12(19)20/h2-3,6,9H,4-5H2,1H3,(H,19,20)(H2,15,16,21). The summed E-state index contributed by atoms with van der Waals surface area (Å²) < 4.78 is 0. The molecule has 0 saturated carbocycles. The smallest absolute Gasteiger partial charge is 0.337 e. The van der Waals surface area contributed by atoms with Crippen molar-refractivity contribution in [2.75, 3.05) is 18.9 Å². The van der Waals surface area contributed by atoms with Crippen LogP contribution in [0.25, 0.3) is 0 Å². The maximum Gasteiger partial charge on any atom is 0.337 e. The van der Waals surface area contributed by atoms with E-state index in [0.717, 1.165) is 0 Å². The van der Waals surface area contributed by atoms with Gasteiger partial charge in [0.05, 0.1) is 11.3 Å². The number of nitrogens with zero attached hydrogens (tertiary/aromatic N) is 1. The predicted molar refractivity (Wildman–Crippen MR) is 76.6 cm³/mol. The van der Waals surface area contributed by atoms with Crippen LogP contribution in [-0.4, -0.2) is 47.5 Å². The molecule has 1 aromatic carbocycles. The number of hydrogen-bond donors (Lipinski definition) is 3. The Balaban J connectivity index is 2.08. The highest BCUT2D eigenvalue weighted by atomic mass is 35.5. The number of urea groups is 1. The number of anilines is 1. The van der Waals surface area contributed by atoms with E-state index in [1.807, 2.05) is 0 Å². The van der Waals surface area contributed by atoms with Crippen LogP contribution < -0.4 is 10.6 Å². The SMILES string of the molecule is CN1CCC(NC(=O)Nc2cc(Cl)ccc2C(=O)O)C1=O. The Morgan fingerprint density at radius 1 is 1.43 bits per heavy atom. The maximum absolute atomic E-state index is 11.9. The summed E-state index contributed by atoms with van der Waals surface area (Å²) >= 11 is 5.79. The van der Waals surface area contributed by atoms with Crippen molar-refractivity contribution in [3.63, 3.8) is 0 Å². The Hall–Kier alpha value is -2.28. The molecule has 0 spiro atoms. The Labute approximate surface area is 125 Å². The van der Waals surface area contributed by atoms with E-state index in [4.69, 9.17) is 16.7 Å². The number of hydrogen-bond acceptors (Lipinski definition) is 3. The van der Waals surface area contributed by atoms with Gasteiger partial charge in [0.25, 0.3) is 0 Å². The predicted octanol–water partition coefficient (Wildman–Crippen LogP) is 1.39. The van der Waals surface area contributed by atoms with E-state index < -0.39 is 18.0 Å². The normalized spacial score (nSPS) is 17.7. The third kappa shape index (κ3) is 3.43. The lowest BCUT2D eigenvalue weighted by Crippen LogP contribution is -2.42. The molecule has 1 atom stereocenters. The first-order chi connectivity index (χ1) is 9.88. The number of aromatic carboxylic acids is 1. The highest BCUT2D eigenvalue weighted by Gasteiger charge is 2.30. The average Bonchev–Trinajstić information content (AvgIpc) is 2.70. The van der Waals surface area contributed by atoms with Crippen LogP contribution in [0.15, 0.2) is 18.2 Å². The quantitative estimate of drug-likeness (QED) is 0.785. The van der Waals surface area contributed by atoms with Gasteiger partial charge in [-0.25, -0.2) is 9.59 Å². The molecule has 0 radical (unpaired) electrons. The van der Waals surface area contributed by atoms with Crippen molar-refractivity contribution in [2.45, 2.75) is 12.5 Å². The molecule has 1 aromatic rings. The number of nitrogens with one attached hydrogen (secondary N) is 2. The van der Waals surface area contributed by atoms with Crippen LogP contribution in [0.2, 0.25) is 5.02 Å². The lowest BCUT2D eigenvalue weighted by atomic mass is 10.2. The molecule has 1 aliphatic rings. The molecule has 3 amide bonds. The van der Waals surface area contributed by atoms with Crippen molar-refractivity contribution < 1.29 is 19.5 Å². The van der Waals surface area contributed by atoms with Crippen LogP contribution in [0.1, 0.15) is 16.8 Å². The molecule has 1 saturated heterocycles. The number of likely N-dealkylation sites (N-methyl/N-ethyl adjacent to an activating group) is 1. The van der Waals surface area contributed by atoms with E-state index in [0.29, 0.717) is 18.0 Å². The molecule has 112 valence electrons. The molecular weight excluding hydrogens is 298 g/mol. The first-order valence-corrected chi connectivity index (χ1v) is 6.61. The zero-order chi connectivity index (χ0) is 15.6. The third-order valence-electron chi connectivity index (χ3n) is 3.19. The van der Waals surface area contributed by atoms with E-state index in [-0.39, 0.29) is 17.2 Å². The van der Waals surface area contributed by atoms with Gasteiger partial charge in [0.1, 0.15) is 6.04 Å². The van der Waals surface area contributed by atoms with E-state index in [9.17, 15) is 14.4 Å². The van der Waals surface area contributed by atoms with Gasteiger partial charge in [-0.15, -0.1) is 0 Å². The summed E-state index contributed by atoms with van der Waals surface area (Å²) in [5.74, 6) is -1.35. The minimum absolute atomic E-state index is 0.0753. The van der Waals surface area contributed by atoms with Crippen LogP contribution in [-0.2, 0) is 4.79 Å². The average molecular weight is 312 g/mol. The van der Waals surface area contributed by atoms with Crippen molar-refractivity contribution in [1.82, 2.24) is 10.2 Å². The first kappa shape index (κ1) is 15.1. The van der Waals surface area contributed by atoms with Crippen molar-refractivity contribution in [3.8, 4) is 0 Å². The highest BCUT2D eigenvalue weighted by Crippen LogP contribution is 2.21. The van der Waals surface area contributed by atoms with Gasteiger partial charge in [0, 0.05) is 18.6 Å². The minimum atomic E-state index is -1.18. The molecular formula is C13H14ClN3O4. The Kier molecular flexibility index (Phi) is 4.32. The number of carboxylic acid groups (broad SMARTS) is 1. The van der Waals surface area contributed by atoms with E-state index in [1.165, 1.54) is 23.1 Å². The second-order valence-corrected chi connectivity index (χ2v) is 5.13. The molecule has 8 heteroatoms. The van der Waals surface area contributed by atoms with Gasteiger partial charge in [-0.3, -0.25) is 4.79 Å². The summed E-state index contributed by atoms with van der Waals surface area (Å²) in [4.78, 5) is 36.2. The molecule has 1 aliphatic heterocycles. The van der Waals surface area contributed by atoms with Crippen molar-refractivity contribution in [1.29, 1.82) is 0 Å². The van der Waals surface area contributed by atoms with Crippen LogP contribution in [0, 0.1) is 0 Å². The molecule has 3 N–H and O–H groups in total. The monoisotopic (exact) mass is 311 g/mol. The summed E-state index contributed by atoms with van der Waals surface area (Å²) in [7, 11) is 1.65. The zero-order valence-corrected chi connectivity index (χ0v) is 12.0. The zero-order valence-electron chi connectivity index (χ0n) is 11.2. The number of amides is 3. The molecule has 0 aromatic heterocycles. The largest absolute Gasteiger partial charge is 0.478 e. The van der Waals surface area contributed by atoms with Crippen molar-refractivity contribution in [2.24, 2.45) is 0 Å². The van der Waals surface area contributed by atoms with Crippen LogP contribution >= 0.6 is 11.6 Å². The van der Waals surface area contributed by atoms with Gasteiger partial charge >= 0.3 is 12.0 Å². The number of carbonyl (C=O) groups is 3. The molecule has 1 fully saturated rings. The molecule has 1 heterocycles. The fraction of sp³-hybridized carbons (Fsp3) is 0.308. The fourth-order valence-corrected chi connectivity index (χ4v) is 2.25. The Morgan fingerprint density at radius 2 is 2.14 bits per heavy atom. The molecule has 1 unspecified atom stereocenters. The summed E-state index contributed by atoms with van der Waals surface area (Å²) in [6.45, 7) is 0.571. The summed E-state index contributed by atoms with van der Waals surface area (Å²) in [6.07, 6.45) is 0.518. The molecule has 21 heavy (non-hydrogen) atoms. The van der Waals surface area contributed by atoms with Crippen LogP contribution in [0.5, 0.6) is 0 Å². The number of halogens is 1. The first-order valence-electron chi connectivity index (χ1n) is 6.24. The van der Waals surface area contributed by atoms with Gasteiger partial charge in [-0.1, -0.05) is 11.6 Å². The van der Waals surface area contributed by atoms with Crippen LogP contribution in [0.4, 0.5) is 10.5 Å². The number of carboxylic acids is 1.